The van der Waals surface area contributed by atoms with E-state index in [2.05, 4.69) is 39.0 Å². The molecule has 0 bridgehead atoms. The standard InChI is InChI=1S/C15H18O/c1-15(2,3)10-14(16)13-8-7-11-5-4-6-12(11)9-13/h4,6-9H,5,10H2,1-3H3. The van der Waals surface area contributed by atoms with Crippen molar-refractivity contribution in [2.75, 3.05) is 0 Å². The molecule has 0 saturated heterocycles. The lowest BCUT2D eigenvalue weighted by molar-refractivity contribution is 0.0940. The lowest BCUT2D eigenvalue weighted by Crippen LogP contribution is -2.13. The van der Waals surface area contributed by atoms with Gasteiger partial charge in [-0.15, -0.1) is 0 Å². The van der Waals surface area contributed by atoms with Crippen LogP contribution in [0.3, 0.4) is 0 Å². The van der Waals surface area contributed by atoms with Gasteiger partial charge in [0, 0.05) is 12.0 Å². The fourth-order valence-corrected chi connectivity index (χ4v) is 2.01. The van der Waals surface area contributed by atoms with Gasteiger partial charge in [0.05, 0.1) is 0 Å². The Hall–Kier alpha value is -1.37. The second-order valence-electron chi connectivity index (χ2n) is 5.68. The molecule has 1 aromatic carbocycles. The van der Waals surface area contributed by atoms with E-state index in [-0.39, 0.29) is 11.2 Å². The largest absolute Gasteiger partial charge is 0.294 e. The Bertz CT molecular complexity index is 447. The van der Waals surface area contributed by atoms with Crippen molar-refractivity contribution in [3.8, 4) is 0 Å². The first-order valence-electron chi connectivity index (χ1n) is 5.78. The maximum absolute atomic E-state index is 12.0. The summed E-state index contributed by atoms with van der Waals surface area (Å²) in [6.07, 6.45) is 5.85. The molecule has 0 fully saturated rings. The minimum Gasteiger partial charge on any atom is -0.294 e. The van der Waals surface area contributed by atoms with Crippen LogP contribution in [0.4, 0.5) is 0 Å². The van der Waals surface area contributed by atoms with Crippen LogP contribution in [0.5, 0.6) is 0 Å². The molecule has 2 rings (SSSR count). The van der Waals surface area contributed by atoms with Crippen LogP contribution >= 0.6 is 0 Å². The van der Waals surface area contributed by atoms with Gasteiger partial charge in [-0.05, 0) is 29.0 Å². The molecule has 0 N–H and O–H groups in total. The first-order valence-corrected chi connectivity index (χ1v) is 5.78. The zero-order valence-electron chi connectivity index (χ0n) is 10.2. The minimum atomic E-state index is 0.0614. The molecule has 0 atom stereocenters. The summed E-state index contributed by atoms with van der Waals surface area (Å²) in [7, 11) is 0. The number of hydrogen-bond donors (Lipinski definition) is 0. The van der Waals surface area contributed by atoms with E-state index in [1.807, 2.05) is 12.1 Å². The van der Waals surface area contributed by atoms with Gasteiger partial charge in [0.2, 0.25) is 0 Å². The van der Waals surface area contributed by atoms with E-state index in [1.54, 1.807) is 0 Å². The highest BCUT2D eigenvalue weighted by molar-refractivity contribution is 5.97. The summed E-state index contributed by atoms with van der Waals surface area (Å²) in [5, 5.41) is 0. The Morgan fingerprint density at radius 3 is 2.75 bits per heavy atom. The summed E-state index contributed by atoms with van der Waals surface area (Å²) in [5.41, 5.74) is 3.44. The normalized spacial score (nSPS) is 13.9. The van der Waals surface area contributed by atoms with Crippen LogP contribution in [-0.4, -0.2) is 5.78 Å². The van der Waals surface area contributed by atoms with E-state index in [0.717, 1.165) is 12.0 Å². The Morgan fingerprint density at radius 2 is 2.06 bits per heavy atom. The molecule has 1 nitrogen and oxygen atoms in total. The number of hydrogen-bond acceptors (Lipinski definition) is 1. The summed E-state index contributed by atoms with van der Waals surface area (Å²) < 4.78 is 0. The maximum Gasteiger partial charge on any atom is 0.163 e. The molecule has 0 saturated carbocycles. The van der Waals surface area contributed by atoms with Crippen molar-refractivity contribution in [2.45, 2.75) is 33.6 Å². The second kappa shape index (κ2) is 3.89. The molecule has 0 radical (unpaired) electrons. The van der Waals surface area contributed by atoms with Crippen LogP contribution in [0, 0.1) is 5.41 Å². The third kappa shape index (κ3) is 2.41. The van der Waals surface area contributed by atoms with Crippen molar-refractivity contribution >= 4 is 11.9 Å². The topological polar surface area (TPSA) is 17.1 Å². The van der Waals surface area contributed by atoms with Crippen LogP contribution in [0.15, 0.2) is 24.3 Å². The van der Waals surface area contributed by atoms with Gasteiger partial charge >= 0.3 is 0 Å². The molecule has 0 spiro atoms. The zero-order chi connectivity index (χ0) is 11.8. The predicted molar refractivity (Wildman–Crippen MR) is 67.6 cm³/mol. The van der Waals surface area contributed by atoms with Gasteiger partial charge in [-0.25, -0.2) is 0 Å². The highest BCUT2D eigenvalue weighted by Crippen LogP contribution is 2.25. The molecule has 1 aromatic rings. The van der Waals surface area contributed by atoms with Gasteiger partial charge in [-0.3, -0.25) is 4.79 Å². The van der Waals surface area contributed by atoms with E-state index in [0.29, 0.717) is 6.42 Å². The minimum absolute atomic E-state index is 0.0614. The van der Waals surface area contributed by atoms with Crippen molar-refractivity contribution < 1.29 is 4.79 Å². The molecule has 84 valence electrons. The number of benzene rings is 1. The van der Waals surface area contributed by atoms with E-state index >= 15 is 0 Å². The molecule has 1 aliphatic carbocycles. The Labute approximate surface area is 97.2 Å². The van der Waals surface area contributed by atoms with Gasteiger partial charge < -0.3 is 0 Å². The Kier molecular flexibility index (Phi) is 2.71. The van der Waals surface area contributed by atoms with Gasteiger partial charge in [0.25, 0.3) is 0 Å². The third-order valence-corrected chi connectivity index (χ3v) is 2.79. The Balaban J connectivity index is 2.22. The molecular formula is C15H18O. The highest BCUT2D eigenvalue weighted by atomic mass is 16.1. The number of carbonyl (C=O) groups excluding carboxylic acids is 1. The van der Waals surface area contributed by atoms with Crippen molar-refractivity contribution in [3.63, 3.8) is 0 Å². The molecule has 16 heavy (non-hydrogen) atoms. The van der Waals surface area contributed by atoms with E-state index in [9.17, 15) is 4.79 Å². The SMILES string of the molecule is CC(C)(C)CC(=O)c1ccc2c(c1)C=CC2. The molecule has 0 amide bonds. The molecular weight excluding hydrogens is 196 g/mol. The lowest BCUT2D eigenvalue weighted by Gasteiger charge is -2.17. The maximum atomic E-state index is 12.0. The number of rotatable bonds is 2. The number of carbonyl (C=O) groups is 1. The number of Topliss-reactive ketones (excluding diaryl/α,β-unsaturated/α-hetero) is 1. The van der Waals surface area contributed by atoms with Crippen LogP contribution in [-0.2, 0) is 6.42 Å². The average molecular weight is 214 g/mol. The Morgan fingerprint density at radius 1 is 1.31 bits per heavy atom. The lowest BCUT2D eigenvalue weighted by atomic mass is 9.87. The molecule has 1 heteroatoms. The van der Waals surface area contributed by atoms with E-state index in [4.69, 9.17) is 0 Å². The molecule has 1 aliphatic rings. The summed E-state index contributed by atoms with van der Waals surface area (Å²) >= 11 is 0. The first-order chi connectivity index (χ1) is 7.46. The van der Waals surface area contributed by atoms with Gasteiger partial charge in [-0.1, -0.05) is 45.1 Å². The molecule has 0 aliphatic heterocycles. The van der Waals surface area contributed by atoms with Gasteiger partial charge in [0.15, 0.2) is 5.78 Å². The fourth-order valence-electron chi connectivity index (χ4n) is 2.01. The van der Waals surface area contributed by atoms with Crippen molar-refractivity contribution in [2.24, 2.45) is 5.41 Å². The fraction of sp³-hybridized carbons (Fsp3) is 0.400. The van der Waals surface area contributed by atoms with Crippen molar-refractivity contribution in [1.82, 2.24) is 0 Å². The van der Waals surface area contributed by atoms with Crippen LogP contribution in [0.2, 0.25) is 0 Å². The van der Waals surface area contributed by atoms with E-state index < -0.39 is 0 Å². The molecule has 0 heterocycles. The highest BCUT2D eigenvalue weighted by Gasteiger charge is 2.18. The van der Waals surface area contributed by atoms with Gasteiger partial charge in [0.1, 0.15) is 0 Å². The van der Waals surface area contributed by atoms with Gasteiger partial charge in [-0.2, -0.15) is 0 Å². The van der Waals surface area contributed by atoms with E-state index in [1.165, 1.54) is 11.1 Å². The first kappa shape index (κ1) is 11.1. The quantitative estimate of drug-likeness (QED) is 0.683. The smallest absolute Gasteiger partial charge is 0.163 e. The summed E-state index contributed by atoms with van der Waals surface area (Å²) in [4.78, 5) is 12.0. The summed E-state index contributed by atoms with van der Waals surface area (Å²) in [5.74, 6) is 0.246. The zero-order valence-corrected chi connectivity index (χ0v) is 10.2. The van der Waals surface area contributed by atoms with Crippen molar-refractivity contribution in [3.05, 3.63) is 41.0 Å². The average Bonchev–Trinajstić information content (AvgIpc) is 2.61. The summed E-state index contributed by atoms with van der Waals surface area (Å²) in [6.45, 7) is 6.29. The number of allylic oxidation sites excluding steroid dienone is 1. The van der Waals surface area contributed by atoms with Crippen LogP contribution in [0.25, 0.3) is 6.08 Å². The predicted octanol–water partition coefficient (Wildman–Crippen LogP) is 3.87. The molecule has 0 aromatic heterocycles. The molecule has 0 unspecified atom stereocenters. The monoisotopic (exact) mass is 214 g/mol. The summed E-state index contributed by atoms with van der Waals surface area (Å²) in [6, 6.07) is 6.05. The number of ketones is 1. The van der Waals surface area contributed by atoms with Crippen LogP contribution in [0.1, 0.15) is 48.7 Å². The van der Waals surface area contributed by atoms with Crippen molar-refractivity contribution in [1.29, 1.82) is 0 Å². The number of fused-ring (bicyclic) bond motifs is 1. The van der Waals surface area contributed by atoms with Crippen LogP contribution < -0.4 is 0 Å². The third-order valence-electron chi connectivity index (χ3n) is 2.79. The second-order valence-corrected chi connectivity index (χ2v) is 5.68.